The third kappa shape index (κ3) is 3.98. The number of nitrogens with zero attached hydrogens (tertiary/aromatic N) is 5. The van der Waals surface area contributed by atoms with Crippen LogP contribution >= 0.6 is 0 Å². The predicted octanol–water partition coefficient (Wildman–Crippen LogP) is 4.38. The zero-order valence-electron chi connectivity index (χ0n) is 17.3. The van der Waals surface area contributed by atoms with E-state index in [1.165, 1.54) is 0 Å². The van der Waals surface area contributed by atoms with E-state index in [4.69, 9.17) is 4.98 Å². The molecule has 0 atom stereocenters. The Labute approximate surface area is 162 Å². The maximum absolute atomic E-state index is 4.78. The molecule has 0 bridgehead atoms. The number of benzene rings is 1. The molecule has 3 aromatic rings. The van der Waals surface area contributed by atoms with Crippen LogP contribution in [-0.2, 0) is 13.6 Å². The van der Waals surface area contributed by atoms with Crippen LogP contribution in [0.5, 0.6) is 0 Å². The summed E-state index contributed by atoms with van der Waals surface area (Å²) in [5.74, 6) is 1.00. The van der Waals surface area contributed by atoms with Gasteiger partial charge in [-0.2, -0.15) is 0 Å². The highest BCUT2D eigenvalue weighted by atomic mass is 15.2. The minimum Gasteiger partial charge on any atom is -0.330 e. The summed E-state index contributed by atoms with van der Waals surface area (Å²) < 4.78 is 4.42. The molecule has 0 unspecified atom stereocenters. The van der Waals surface area contributed by atoms with Gasteiger partial charge in [-0.15, -0.1) is 0 Å². The van der Waals surface area contributed by atoms with Gasteiger partial charge in [0.2, 0.25) is 0 Å². The van der Waals surface area contributed by atoms with E-state index in [2.05, 4.69) is 78.0 Å². The van der Waals surface area contributed by atoms with Crippen LogP contribution in [-0.4, -0.2) is 42.6 Å². The van der Waals surface area contributed by atoms with Gasteiger partial charge in [-0.1, -0.05) is 30.3 Å². The van der Waals surface area contributed by atoms with Crippen LogP contribution in [0.4, 0.5) is 0 Å². The highest BCUT2D eigenvalue weighted by Crippen LogP contribution is 2.31. The van der Waals surface area contributed by atoms with Gasteiger partial charge in [-0.05, 0) is 34.6 Å². The molecule has 5 heteroatoms. The van der Waals surface area contributed by atoms with Crippen molar-refractivity contribution in [1.29, 1.82) is 0 Å². The van der Waals surface area contributed by atoms with E-state index >= 15 is 0 Å². The fraction of sp³-hybridized carbons (Fsp3) is 0.455. The molecule has 0 saturated carbocycles. The van der Waals surface area contributed by atoms with Gasteiger partial charge in [0.15, 0.2) is 0 Å². The summed E-state index contributed by atoms with van der Waals surface area (Å²) in [7, 11) is 2.07. The van der Waals surface area contributed by atoms with E-state index in [0.717, 1.165) is 41.6 Å². The molecule has 144 valence electrons. The zero-order chi connectivity index (χ0) is 19.6. The van der Waals surface area contributed by atoms with Gasteiger partial charge in [0.25, 0.3) is 0 Å². The first-order chi connectivity index (χ1) is 12.9. The van der Waals surface area contributed by atoms with Gasteiger partial charge < -0.3 is 9.13 Å². The molecule has 0 radical (unpaired) electrons. The second-order valence-corrected chi connectivity index (χ2v) is 7.68. The van der Waals surface area contributed by atoms with Crippen LogP contribution in [0.15, 0.2) is 42.9 Å². The molecule has 0 N–H and O–H groups in total. The zero-order valence-corrected chi connectivity index (χ0v) is 17.3. The lowest BCUT2D eigenvalue weighted by atomic mass is 10.1. The molecule has 3 rings (SSSR count). The van der Waals surface area contributed by atoms with Crippen molar-refractivity contribution < 1.29 is 0 Å². The molecule has 0 aliphatic heterocycles. The van der Waals surface area contributed by atoms with E-state index < -0.39 is 0 Å². The summed E-state index contributed by atoms with van der Waals surface area (Å²) in [6.07, 6.45) is 3.93. The van der Waals surface area contributed by atoms with Crippen molar-refractivity contribution in [3.63, 3.8) is 0 Å². The maximum Gasteiger partial charge on any atom is 0.105 e. The van der Waals surface area contributed by atoms with Gasteiger partial charge in [-0.3, -0.25) is 4.90 Å². The standard InChI is InChI=1S/C22H31N5/c1-16(2)27(17(3)4)13-12-26-15-24-21(19-10-8-7-9-11-19)22(26)20-14-23-18(5)25(20)6/h7-11,14-17H,12-13H2,1-6H3. The molecule has 2 aromatic heterocycles. The minimum atomic E-state index is 0.518. The average molecular weight is 366 g/mol. The average Bonchev–Trinajstić information content (AvgIpc) is 3.19. The Morgan fingerprint density at radius 1 is 1.00 bits per heavy atom. The maximum atomic E-state index is 4.78. The predicted molar refractivity (Wildman–Crippen MR) is 112 cm³/mol. The Kier molecular flexibility index (Phi) is 5.80. The molecular weight excluding hydrogens is 334 g/mol. The van der Waals surface area contributed by atoms with E-state index in [0.29, 0.717) is 12.1 Å². The molecule has 0 aliphatic carbocycles. The van der Waals surface area contributed by atoms with Crippen molar-refractivity contribution in [3.05, 3.63) is 48.7 Å². The highest BCUT2D eigenvalue weighted by Gasteiger charge is 2.20. The Morgan fingerprint density at radius 3 is 2.22 bits per heavy atom. The third-order valence-electron chi connectivity index (χ3n) is 5.27. The summed E-state index contributed by atoms with van der Waals surface area (Å²) >= 11 is 0. The van der Waals surface area contributed by atoms with Crippen LogP contribution < -0.4 is 0 Å². The van der Waals surface area contributed by atoms with Crippen LogP contribution in [0.2, 0.25) is 0 Å². The molecule has 0 aliphatic rings. The van der Waals surface area contributed by atoms with Crippen LogP contribution in [0.1, 0.15) is 33.5 Å². The summed E-state index contributed by atoms with van der Waals surface area (Å²) in [6.45, 7) is 13.0. The van der Waals surface area contributed by atoms with E-state index in [9.17, 15) is 0 Å². The normalized spacial score (nSPS) is 11.9. The Balaban J connectivity index is 2.02. The van der Waals surface area contributed by atoms with E-state index in [1.807, 2.05) is 25.5 Å². The molecule has 1 aromatic carbocycles. The fourth-order valence-electron chi connectivity index (χ4n) is 3.69. The third-order valence-corrected chi connectivity index (χ3v) is 5.27. The lowest BCUT2D eigenvalue weighted by Gasteiger charge is -2.30. The quantitative estimate of drug-likeness (QED) is 0.624. The number of aromatic nitrogens is 4. The van der Waals surface area contributed by atoms with Crippen molar-refractivity contribution in [2.24, 2.45) is 7.05 Å². The van der Waals surface area contributed by atoms with Crippen molar-refractivity contribution in [2.75, 3.05) is 6.54 Å². The Bertz CT molecular complexity index is 866. The molecule has 0 saturated heterocycles. The summed E-state index contributed by atoms with van der Waals surface area (Å²) in [5, 5.41) is 0. The van der Waals surface area contributed by atoms with Crippen LogP contribution in [0.25, 0.3) is 22.6 Å². The van der Waals surface area contributed by atoms with E-state index in [-0.39, 0.29) is 0 Å². The first-order valence-electron chi connectivity index (χ1n) is 9.75. The molecule has 0 amide bonds. The number of hydrogen-bond acceptors (Lipinski definition) is 3. The minimum absolute atomic E-state index is 0.518. The van der Waals surface area contributed by atoms with Gasteiger partial charge in [0.05, 0.1) is 29.6 Å². The number of rotatable bonds is 7. The van der Waals surface area contributed by atoms with Crippen molar-refractivity contribution in [3.8, 4) is 22.6 Å². The lowest BCUT2D eigenvalue weighted by molar-refractivity contribution is 0.168. The molecule has 0 spiro atoms. The van der Waals surface area contributed by atoms with Gasteiger partial charge in [-0.25, -0.2) is 9.97 Å². The van der Waals surface area contributed by atoms with Gasteiger partial charge in [0.1, 0.15) is 5.82 Å². The lowest BCUT2D eigenvalue weighted by Crippen LogP contribution is -2.39. The molecule has 5 nitrogen and oxygen atoms in total. The fourth-order valence-corrected chi connectivity index (χ4v) is 3.69. The second kappa shape index (κ2) is 8.09. The van der Waals surface area contributed by atoms with Crippen molar-refractivity contribution in [2.45, 2.75) is 53.2 Å². The topological polar surface area (TPSA) is 38.9 Å². The first-order valence-corrected chi connectivity index (χ1v) is 9.75. The van der Waals surface area contributed by atoms with Crippen molar-refractivity contribution in [1.82, 2.24) is 24.0 Å². The van der Waals surface area contributed by atoms with Crippen molar-refractivity contribution >= 4 is 0 Å². The Hall–Kier alpha value is -2.40. The molecular formula is C22H31N5. The number of imidazole rings is 2. The SMILES string of the molecule is Cc1ncc(-c2c(-c3ccccc3)ncn2CCN(C(C)C)C(C)C)n1C. The monoisotopic (exact) mass is 365 g/mol. The summed E-state index contributed by atoms with van der Waals surface area (Å²) in [6, 6.07) is 11.4. The van der Waals surface area contributed by atoms with E-state index in [1.54, 1.807) is 0 Å². The van der Waals surface area contributed by atoms with Gasteiger partial charge in [0, 0.05) is 37.8 Å². The van der Waals surface area contributed by atoms with Gasteiger partial charge >= 0.3 is 0 Å². The number of hydrogen-bond donors (Lipinski definition) is 0. The summed E-state index contributed by atoms with van der Waals surface area (Å²) in [5.41, 5.74) is 4.38. The second-order valence-electron chi connectivity index (χ2n) is 7.68. The largest absolute Gasteiger partial charge is 0.330 e. The Morgan fingerprint density at radius 2 is 1.67 bits per heavy atom. The number of aryl methyl sites for hydroxylation is 1. The first kappa shape index (κ1) is 19.4. The smallest absolute Gasteiger partial charge is 0.105 e. The summed E-state index contributed by atoms with van der Waals surface area (Å²) in [4.78, 5) is 11.8. The van der Waals surface area contributed by atoms with Crippen LogP contribution in [0, 0.1) is 6.92 Å². The van der Waals surface area contributed by atoms with Crippen LogP contribution in [0.3, 0.4) is 0 Å². The molecule has 0 fully saturated rings. The molecule has 27 heavy (non-hydrogen) atoms. The molecule has 2 heterocycles. The highest BCUT2D eigenvalue weighted by molar-refractivity contribution is 5.77.